The summed E-state index contributed by atoms with van der Waals surface area (Å²) in [6.07, 6.45) is 5.79. The summed E-state index contributed by atoms with van der Waals surface area (Å²) in [4.78, 5) is 26.1. The number of carboxylic acid groups (broad SMARTS) is 1. The van der Waals surface area contributed by atoms with Crippen LogP contribution in [0.15, 0.2) is 90.0 Å². The first-order chi connectivity index (χ1) is 20.4. The summed E-state index contributed by atoms with van der Waals surface area (Å²) in [6.45, 7) is 0.770. The molecule has 3 aromatic carbocycles. The molecule has 5 rings (SSSR count). The maximum absolute atomic E-state index is 13.3. The number of ether oxygens (including phenoxy) is 1. The van der Waals surface area contributed by atoms with E-state index in [1.165, 1.54) is 23.9 Å². The Bertz CT molecular complexity index is 1600. The third kappa shape index (κ3) is 7.32. The number of nitrogens with zero attached hydrogens (tertiary/aromatic N) is 3. The van der Waals surface area contributed by atoms with Gasteiger partial charge in [-0.25, -0.2) is 9.07 Å². The van der Waals surface area contributed by atoms with Crippen LogP contribution in [0, 0.1) is 5.82 Å². The highest BCUT2D eigenvalue weighted by molar-refractivity contribution is 8.26. The van der Waals surface area contributed by atoms with E-state index in [1.54, 1.807) is 21.7 Å². The Morgan fingerprint density at radius 1 is 1.00 bits per heavy atom. The molecule has 1 aliphatic rings. The summed E-state index contributed by atoms with van der Waals surface area (Å²) in [5.41, 5.74) is 4.05. The predicted molar refractivity (Wildman–Crippen MR) is 166 cm³/mol. The number of aromatic nitrogens is 2. The van der Waals surface area contributed by atoms with Crippen molar-refractivity contribution in [2.24, 2.45) is 0 Å². The summed E-state index contributed by atoms with van der Waals surface area (Å²) >= 11 is 6.76. The Balaban J connectivity index is 1.36. The van der Waals surface area contributed by atoms with E-state index in [1.807, 2.05) is 66.9 Å². The zero-order valence-electron chi connectivity index (χ0n) is 22.6. The van der Waals surface area contributed by atoms with Crippen LogP contribution in [0.2, 0.25) is 0 Å². The van der Waals surface area contributed by atoms with Gasteiger partial charge in [-0.3, -0.25) is 14.5 Å². The van der Waals surface area contributed by atoms with Gasteiger partial charge in [0, 0.05) is 30.3 Å². The van der Waals surface area contributed by atoms with Crippen LogP contribution in [0.1, 0.15) is 36.8 Å². The fourth-order valence-electron chi connectivity index (χ4n) is 4.44. The standard InChI is InChI=1S/C32H28FN3O4S2/c33-25-14-10-22(11-15-25)21-40-27-16-12-23(13-17-27)30-24(20-36(34-30)26-7-3-1-4-8-26)19-28-31(39)35(32(41)42-28)18-6-2-5-9-29(37)38/h1,3-4,7-8,10-17,19-20H,2,5-6,9,18,21H2,(H,37,38). The van der Waals surface area contributed by atoms with Crippen LogP contribution in [0.5, 0.6) is 5.75 Å². The molecule has 0 bridgehead atoms. The van der Waals surface area contributed by atoms with Crippen LogP contribution < -0.4 is 4.74 Å². The number of benzene rings is 3. The number of aliphatic carboxylic acids is 1. The molecule has 7 nitrogen and oxygen atoms in total. The molecule has 10 heteroatoms. The molecule has 1 fully saturated rings. The summed E-state index contributed by atoms with van der Waals surface area (Å²) < 4.78 is 21.3. The van der Waals surface area contributed by atoms with Crippen molar-refractivity contribution in [3.05, 3.63) is 107 Å². The Labute approximate surface area is 252 Å². The highest BCUT2D eigenvalue weighted by atomic mass is 32.2. The molecule has 0 spiro atoms. The third-order valence-electron chi connectivity index (χ3n) is 6.64. The largest absolute Gasteiger partial charge is 0.489 e. The lowest BCUT2D eigenvalue weighted by Crippen LogP contribution is -2.29. The van der Waals surface area contributed by atoms with Crippen molar-refractivity contribution < 1.29 is 23.8 Å². The summed E-state index contributed by atoms with van der Waals surface area (Å²) in [6, 6.07) is 23.4. The van der Waals surface area contributed by atoms with E-state index in [4.69, 9.17) is 27.2 Å². The molecule has 1 amide bonds. The quantitative estimate of drug-likeness (QED) is 0.105. The molecule has 1 aromatic heterocycles. The first-order valence-electron chi connectivity index (χ1n) is 13.5. The molecule has 214 valence electrons. The van der Waals surface area contributed by atoms with Crippen molar-refractivity contribution in [2.75, 3.05) is 6.54 Å². The summed E-state index contributed by atoms with van der Waals surface area (Å²) in [5.74, 6) is -0.603. The number of carbonyl (C=O) groups excluding carboxylic acids is 1. The van der Waals surface area contributed by atoms with E-state index in [0.29, 0.717) is 53.1 Å². The number of carboxylic acids is 1. The second-order valence-electron chi connectivity index (χ2n) is 9.69. The van der Waals surface area contributed by atoms with E-state index >= 15 is 0 Å². The smallest absolute Gasteiger partial charge is 0.303 e. The fraction of sp³-hybridized carbons (Fsp3) is 0.188. The minimum Gasteiger partial charge on any atom is -0.489 e. The van der Waals surface area contributed by atoms with E-state index in [9.17, 15) is 14.0 Å². The molecular weight excluding hydrogens is 574 g/mol. The van der Waals surface area contributed by atoms with Gasteiger partial charge in [0.15, 0.2) is 0 Å². The van der Waals surface area contributed by atoms with Gasteiger partial charge in [0.1, 0.15) is 22.5 Å². The average Bonchev–Trinajstić information content (AvgIpc) is 3.53. The lowest BCUT2D eigenvalue weighted by atomic mass is 10.1. The van der Waals surface area contributed by atoms with Crippen LogP contribution in [0.25, 0.3) is 23.0 Å². The molecule has 0 radical (unpaired) electrons. The van der Waals surface area contributed by atoms with E-state index in [0.717, 1.165) is 22.4 Å². The summed E-state index contributed by atoms with van der Waals surface area (Å²) in [5, 5.41) is 13.7. The number of unbranched alkanes of at least 4 members (excludes halogenated alkanes) is 2. The highest BCUT2D eigenvalue weighted by Crippen LogP contribution is 2.35. The molecule has 0 unspecified atom stereocenters. The van der Waals surface area contributed by atoms with E-state index in [2.05, 4.69) is 0 Å². The Morgan fingerprint density at radius 2 is 1.74 bits per heavy atom. The molecule has 0 saturated carbocycles. The normalized spacial score (nSPS) is 14.1. The summed E-state index contributed by atoms with van der Waals surface area (Å²) in [7, 11) is 0. The second kappa shape index (κ2) is 13.6. The van der Waals surface area contributed by atoms with Gasteiger partial charge in [-0.1, -0.05) is 60.7 Å². The second-order valence-corrected chi connectivity index (χ2v) is 11.4. The first kappa shape index (κ1) is 29.2. The molecule has 1 aliphatic heterocycles. The number of amides is 1. The minimum atomic E-state index is -0.817. The SMILES string of the molecule is O=C(O)CCCCCN1C(=O)C(=Cc2cn(-c3ccccc3)nc2-c2ccc(OCc3ccc(F)cc3)cc2)SC1=S. The molecule has 0 atom stereocenters. The first-order valence-corrected chi connectivity index (χ1v) is 14.7. The van der Waals surface area contributed by atoms with Crippen LogP contribution >= 0.6 is 24.0 Å². The van der Waals surface area contributed by atoms with E-state index in [-0.39, 0.29) is 18.1 Å². The van der Waals surface area contributed by atoms with Gasteiger partial charge in [0.05, 0.1) is 16.3 Å². The monoisotopic (exact) mass is 601 g/mol. The lowest BCUT2D eigenvalue weighted by Gasteiger charge is -2.13. The molecular formula is C32H28FN3O4S2. The predicted octanol–water partition coefficient (Wildman–Crippen LogP) is 7.10. The zero-order valence-corrected chi connectivity index (χ0v) is 24.2. The maximum atomic E-state index is 13.3. The number of hydrogen-bond acceptors (Lipinski definition) is 6. The van der Waals surface area contributed by atoms with Gasteiger partial charge >= 0.3 is 5.97 Å². The third-order valence-corrected chi connectivity index (χ3v) is 8.02. The van der Waals surface area contributed by atoms with Crippen LogP contribution in [0.4, 0.5) is 4.39 Å². The Kier molecular flexibility index (Phi) is 9.45. The average molecular weight is 602 g/mol. The van der Waals surface area contributed by atoms with Gasteiger partial charge in [-0.15, -0.1) is 0 Å². The number of halogens is 1. The van der Waals surface area contributed by atoms with Gasteiger partial charge in [-0.2, -0.15) is 5.10 Å². The van der Waals surface area contributed by atoms with Gasteiger partial charge < -0.3 is 9.84 Å². The number of thiocarbonyl (C=S) groups is 1. The zero-order chi connectivity index (χ0) is 29.5. The van der Waals surface area contributed by atoms with Crippen molar-refractivity contribution in [1.29, 1.82) is 0 Å². The topological polar surface area (TPSA) is 84.7 Å². The molecule has 4 aromatic rings. The van der Waals surface area contributed by atoms with Crippen molar-refractivity contribution in [3.8, 4) is 22.7 Å². The minimum absolute atomic E-state index is 0.119. The van der Waals surface area contributed by atoms with E-state index < -0.39 is 5.97 Å². The number of thioether (sulfide) groups is 1. The van der Waals surface area contributed by atoms with Crippen LogP contribution in [0.3, 0.4) is 0 Å². The Morgan fingerprint density at radius 3 is 2.45 bits per heavy atom. The molecule has 0 aliphatic carbocycles. The number of hydrogen-bond donors (Lipinski definition) is 1. The van der Waals surface area contributed by atoms with Crippen molar-refractivity contribution in [1.82, 2.24) is 14.7 Å². The molecule has 1 N–H and O–H groups in total. The maximum Gasteiger partial charge on any atom is 0.303 e. The highest BCUT2D eigenvalue weighted by Gasteiger charge is 2.32. The van der Waals surface area contributed by atoms with Crippen LogP contribution in [-0.4, -0.2) is 42.5 Å². The lowest BCUT2D eigenvalue weighted by molar-refractivity contribution is -0.137. The Hall–Kier alpha value is -4.28. The van der Waals surface area contributed by atoms with Gasteiger partial charge in [0.2, 0.25) is 0 Å². The number of rotatable bonds is 12. The van der Waals surface area contributed by atoms with Crippen molar-refractivity contribution in [3.63, 3.8) is 0 Å². The van der Waals surface area contributed by atoms with Gasteiger partial charge in [-0.05, 0) is 73.0 Å². The van der Waals surface area contributed by atoms with Crippen molar-refractivity contribution in [2.45, 2.75) is 32.3 Å². The van der Waals surface area contributed by atoms with Gasteiger partial charge in [0.25, 0.3) is 5.91 Å². The van der Waals surface area contributed by atoms with Crippen molar-refractivity contribution >= 4 is 46.3 Å². The molecule has 2 heterocycles. The molecule has 42 heavy (non-hydrogen) atoms. The number of carbonyl (C=O) groups is 2. The van der Waals surface area contributed by atoms with Crippen LogP contribution in [-0.2, 0) is 16.2 Å². The molecule has 1 saturated heterocycles. The number of para-hydroxylation sites is 1. The fourth-order valence-corrected chi connectivity index (χ4v) is 5.74.